The van der Waals surface area contributed by atoms with Crippen LogP contribution in [0.4, 0.5) is 4.79 Å². The Morgan fingerprint density at radius 1 is 0.917 bits per heavy atom. The van der Waals surface area contributed by atoms with Crippen molar-refractivity contribution in [3.8, 4) is 11.3 Å². The lowest BCUT2D eigenvalue weighted by Gasteiger charge is -2.42. The third-order valence-corrected chi connectivity index (χ3v) is 10.5. The molecule has 0 aliphatic carbocycles. The van der Waals surface area contributed by atoms with Gasteiger partial charge in [-0.1, -0.05) is 36.4 Å². The van der Waals surface area contributed by atoms with E-state index in [1.165, 1.54) is 0 Å². The van der Waals surface area contributed by atoms with Gasteiger partial charge in [0.25, 0.3) is 5.91 Å². The number of likely N-dealkylation sites (N-methyl/N-ethyl adjacent to an activating group) is 1. The smallest absolute Gasteiger partial charge is 0.410 e. The molecule has 3 fully saturated rings. The summed E-state index contributed by atoms with van der Waals surface area (Å²) in [6.07, 6.45) is 5.62. The molecular formula is C36H46N8O4. The van der Waals surface area contributed by atoms with Crippen LogP contribution in [0.15, 0.2) is 59.7 Å². The van der Waals surface area contributed by atoms with Gasteiger partial charge in [0.15, 0.2) is 6.10 Å². The number of piperazine rings is 1. The summed E-state index contributed by atoms with van der Waals surface area (Å²) in [6.45, 7) is 8.49. The highest BCUT2D eigenvalue weighted by Gasteiger charge is 2.35. The van der Waals surface area contributed by atoms with Crippen LogP contribution < -0.4 is 5.69 Å². The van der Waals surface area contributed by atoms with Crippen molar-refractivity contribution in [1.82, 2.24) is 39.3 Å². The first-order chi connectivity index (χ1) is 23.3. The molecule has 5 heterocycles. The van der Waals surface area contributed by atoms with E-state index < -0.39 is 12.2 Å². The lowest BCUT2D eigenvalue weighted by molar-refractivity contribution is -0.142. The lowest BCUT2D eigenvalue weighted by atomic mass is 9.99. The number of ether oxygens (including phenoxy) is 1. The fraction of sp³-hybridized carbons (Fsp3) is 0.500. The van der Waals surface area contributed by atoms with Crippen molar-refractivity contribution in [2.24, 2.45) is 0 Å². The number of amides is 2. The number of nitrogens with zero attached hydrogens (tertiary/aromatic N) is 6. The Hall–Kier alpha value is -4.42. The maximum Gasteiger partial charge on any atom is 0.410 e. The van der Waals surface area contributed by atoms with Crippen molar-refractivity contribution < 1.29 is 14.3 Å². The van der Waals surface area contributed by atoms with E-state index in [-0.39, 0.29) is 17.6 Å². The van der Waals surface area contributed by atoms with E-state index in [9.17, 15) is 14.4 Å². The van der Waals surface area contributed by atoms with Gasteiger partial charge in [0.05, 0.1) is 17.4 Å². The average molecular weight is 655 g/mol. The van der Waals surface area contributed by atoms with Crippen molar-refractivity contribution >= 4 is 22.9 Å². The fourth-order valence-corrected chi connectivity index (χ4v) is 7.63. The molecule has 3 aliphatic heterocycles. The first-order valence-electron chi connectivity index (χ1n) is 17.3. The van der Waals surface area contributed by atoms with Gasteiger partial charge in [-0.15, -0.1) is 0 Å². The number of aryl methyl sites for hydroxylation is 1. The number of nitrogens with one attached hydrogen (secondary N) is 2. The summed E-state index contributed by atoms with van der Waals surface area (Å²) in [7, 11) is 2.17. The van der Waals surface area contributed by atoms with Gasteiger partial charge >= 0.3 is 11.8 Å². The fourth-order valence-electron chi connectivity index (χ4n) is 7.63. The Morgan fingerprint density at radius 3 is 2.33 bits per heavy atom. The summed E-state index contributed by atoms with van der Waals surface area (Å²) in [5.74, 6) is -0.132. The maximum absolute atomic E-state index is 14.1. The zero-order valence-corrected chi connectivity index (χ0v) is 27.9. The van der Waals surface area contributed by atoms with E-state index in [1.807, 2.05) is 60.5 Å². The Balaban J connectivity index is 1.01. The molecule has 7 rings (SSSR count). The van der Waals surface area contributed by atoms with E-state index in [0.29, 0.717) is 51.5 Å². The van der Waals surface area contributed by atoms with Gasteiger partial charge in [-0.3, -0.25) is 19.4 Å². The highest BCUT2D eigenvalue weighted by molar-refractivity contribution is 5.85. The van der Waals surface area contributed by atoms with Crippen LogP contribution in [-0.4, -0.2) is 123 Å². The Kier molecular flexibility index (Phi) is 9.36. The van der Waals surface area contributed by atoms with Gasteiger partial charge in [-0.05, 0) is 62.4 Å². The lowest BCUT2D eigenvalue weighted by Crippen LogP contribution is -2.54. The molecule has 2 aromatic heterocycles. The largest absolute Gasteiger partial charge is 0.436 e. The minimum absolute atomic E-state index is 0.0287. The van der Waals surface area contributed by atoms with Gasteiger partial charge in [-0.2, -0.15) is 5.10 Å². The first kappa shape index (κ1) is 32.1. The van der Waals surface area contributed by atoms with Crippen LogP contribution in [0.25, 0.3) is 22.2 Å². The van der Waals surface area contributed by atoms with Crippen molar-refractivity contribution in [3.05, 3.63) is 76.5 Å². The molecule has 0 spiro atoms. The Bertz CT molecular complexity index is 1770. The molecule has 12 nitrogen and oxygen atoms in total. The second-order valence-electron chi connectivity index (χ2n) is 13.7. The van der Waals surface area contributed by atoms with E-state index in [4.69, 9.17) is 4.74 Å². The van der Waals surface area contributed by atoms with Crippen LogP contribution in [0.5, 0.6) is 0 Å². The molecule has 0 bridgehead atoms. The number of likely N-dealkylation sites (tertiary alicyclic amines) is 2. The summed E-state index contributed by atoms with van der Waals surface area (Å²) in [4.78, 5) is 52.0. The number of aromatic amines is 2. The molecule has 0 unspecified atom stereocenters. The molecule has 254 valence electrons. The average Bonchev–Trinajstić information content (AvgIpc) is 3.76. The number of hydrogen-bond donors (Lipinski definition) is 2. The Morgan fingerprint density at radius 2 is 1.60 bits per heavy atom. The molecule has 12 heteroatoms. The predicted octanol–water partition coefficient (Wildman–Crippen LogP) is 3.65. The maximum atomic E-state index is 14.1. The summed E-state index contributed by atoms with van der Waals surface area (Å²) in [5, 5.41) is 8.18. The predicted molar refractivity (Wildman–Crippen MR) is 184 cm³/mol. The van der Waals surface area contributed by atoms with E-state index in [2.05, 4.69) is 32.0 Å². The number of benzene rings is 2. The number of aromatic nitrogens is 4. The standard InChI is InChI=1S/C36H46N8O4/c1-25-20-26(21-28-23-37-39-33(25)28)22-32(34(45)42-12-8-29(9-13-42)41-18-16-40(2)17-19-41)48-36(47)43-14-10-30(11-15-43)44-24-31(38-35(44)46)27-6-4-3-5-7-27/h3-7,20-21,23-24,29-30,32H,8-19,22H2,1-2H3,(H,37,39)(H,38,46)/t32-/m1/s1. The van der Waals surface area contributed by atoms with Crippen LogP contribution in [0, 0.1) is 6.92 Å². The highest BCUT2D eigenvalue weighted by atomic mass is 16.6. The molecule has 4 aromatic rings. The van der Waals surface area contributed by atoms with Crippen molar-refractivity contribution in [3.63, 3.8) is 0 Å². The van der Waals surface area contributed by atoms with Gasteiger partial charge < -0.3 is 24.4 Å². The zero-order valence-electron chi connectivity index (χ0n) is 27.9. The van der Waals surface area contributed by atoms with Gasteiger partial charge in [0, 0.05) is 82.4 Å². The first-order valence-corrected chi connectivity index (χ1v) is 17.3. The van der Waals surface area contributed by atoms with Gasteiger partial charge in [0.1, 0.15) is 0 Å². The third kappa shape index (κ3) is 6.91. The minimum atomic E-state index is -0.931. The zero-order chi connectivity index (χ0) is 33.2. The molecule has 48 heavy (non-hydrogen) atoms. The summed E-state index contributed by atoms with van der Waals surface area (Å²) < 4.78 is 7.85. The van der Waals surface area contributed by atoms with Crippen LogP contribution in [0.2, 0.25) is 0 Å². The molecular weight excluding hydrogens is 608 g/mol. The summed E-state index contributed by atoms with van der Waals surface area (Å²) in [5.41, 5.74) is 4.50. The number of H-pyrrole nitrogens is 2. The van der Waals surface area contributed by atoms with Crippen LogP contribution >= 0.6 is 0 Å². The number of imidazole rings is 1. The number of rotatable bonds is 7. The SMILES string of the molecule is Cc1cc(C[C@@H](OC(=O)N2CCC(n3cc(-c4ccccc4)[nH]c3=O)CC2)C(=O)N2CCC(N3CCN(C)CC3)CC2)cc2cn[nH]c12. The van der Waals surface area contributed by atoms with Crippen LogP contribution in [0.1, 0.15) is 42.9 Å². The normalized spacial score (nSPS) is 19.5. The van der Waals surface area contributed by atoms with Crippen molar-refractivity contribution in [1.29, 1.82) is 0 Å². The van der Waals surface area contributed by atoms with Gasteiger partial charge in [-0.25, -0.2) is 9.59 Å². The number of piperidine rings is 2. The second-order valence-corrected chi connectivity index (χ2v) is 13.7. The highest BCUT2D eigenvalue weighted by Crippen LogP contribution is 2.26. The number of hydrogen-bond acceptors (Lipinski definition) is 7. The third-order valence-electron chi connectivity index (χ3n) is 10.5. The molecule has 3 aliphatic rings. The molecule has 0 radical (unpaired) electrons. The summed E-state index contributed by atoms with van der Waals surface area (Å²) >= 11 is 0. The molecule has 0 saturated carbocycles. The quantitative estimate of drug-likeness (QED) is 0.312. The van der Waals surface area contributed by atoms with E-state index >= 15 is 0 Å². The number of carbonyl (C=O) groups excluding carboxylic acids is 2. The summed E-state index contributed by atoms with van der Waals surface area (Å²) in [6, 6.07) is 14.3. The number of carbonyl (C=O) groups is 2. The van der Waals surface area contributed by atoms with Crippen molar-refractivity contribution in [2.45, 2.75) is 57.2 Å². The monoisotopic (exact) mass is 654 g/mol. The van der Waals surface area contributed by atoms with Crippen LogP contribution in [-0.2, 0) is 16.0 Å². The minimum Gasteiger partial charge on any atom is -0.436 e. The van der Waals surface area contributed by atoms with Crippen molar-refractivity contribution in [2.75, 3.05) is 59.4 Å². The van der Waals surface area contributed by atoms with E-state index in [0.717, 1.165) is 72.3 Å². The molecule has 2 amide bonds. The molecule has 2 aromatic carbocycles. The molecule has 2 N–H and O–H groups in total. The second kappa shape index (κ2) is 14.0. The molecule has 3 saturated heterocycles. The Labute approximate surface area is 280 Å². The van der Waals surface area contributed by atoms with Gasteiger partial charge in [0.2, 0.25) is 0 Å². The van der Waals surface area contributed by atoms with Crippen LogP contribution in [0.3, 0.4) is 0 Å². The topological polar surface area (TPSA) is 123 Å². The molecule has 1 atom stereocenters. The van der Waals surface area contributed by atoms with E-state index in [1.54, 1.807) is 15.7 Å². The number of fused-ring (bicyclic) bond motifs is 1.